The van der Waals surface area contributed by atoms with E-state index in [9.17, 15) is 4.79 Å². The van der Waals surface area contributed by atoms with Crippen LogP contribution < -0.4 is 4.90 Å². The second-order valence-electron chi connectivity index (χ2n) is 7.06. The molecular formula is C18H26N6O2. The number of aromatic nitrogens is 3. The lowest BCUT2D eigenvalue weighted by Gasteiger charge is -2.39. The van der Waals surface area contributed by atoms with Gasteiger partial charge in [-0.2, -0.15) is 9.61 Å². The number of piperazine rings is 1. The zero-order valence-electron chi connectivity index (χ0n) is 15.7. The van der Waals surface area contributed by atoms with Gasteiger partial charge in [-0.25, -0.2) is 9.78 Å². The molecule has 140 valence electrons. The van der Waals surface area contributed by atoms with E-state index in [1.54, 1.807) is 0 Å². The van der Waals surface area contributed by atoms with Gasteiger partial charge in [0.15, 0.2) is 5.65 Å². The Balaban J connectivity index is 1.50. The first kappa shape index (κ1) is 17.1. The van der Waals surface area contributed by atoms with Crippen molar-refractivity contribution in [1.82, 2.24) is 24.4 Å². The summed E-state index contributed by atoms with van der Waals surface area (Å²) in [6.45, 7) is 11.8. The normalized spacial score (nSPS) is 18.7. The number of aryl methyl sites for hydroxylation is 3. The molecule has 4 heterocycles. The van der Waals surface area contributed by atoms with Gasteiger partial charge in [-0.3, -0.25) is 0 Å². The summed E-state index contributed by atoms with van der Waals surface area (Å²) in [5.74, 6) is 1.06. The Morgan fingerprint density at radius 1 is 1.00 bits per heavy atom. The SMILES string of the molecule is Cc1cc(N2CCN(C(=O)N3CCOCC3)CC2)n2nc(C)c(C)c2n1. The van der Waals surface area contributed by atoms with Gasteiger partial charge >= 0.3 is 6.03 Å². The summed E-state index contributed by atoms with van der Waals surface area (Å²) in [5, 5.41) is 4.67. The second kappa shape index (κ2) is 6.75. The lowest BCUT2D eigenvalue weighted by Crippen LogP contribution is -2.55. The van der Waals surface area contributed by atoms with Crippen molar-refractivity contribution in [3.8, 4) is 0 Å². The molecule has 0 spiro atoms. The monoisotopic (exact) mass is 358 g/mol. The first-order valence-electron chi connectivity index (χ1n) is 9.25. The molecule has 0 bridgehead atoms. The molecule has 2 fully saturated rings. The van der Waals surface area contributed by atoms with Crippen molar-refractivity contribution >= 4 is 17.5 Å². The third kappa shape index (κ3) is 2.98. The molecule has 0 N–H and O–H groups in total. The molecule has 0 aliphatic carbocycles. The minimum atomic E-state index is 0.134. The van der Waals surface area contributed by atoms with Crippen molar-refractivity contribution in [2.24, 2.45) is 0 Å². The van der Waals surface area contributed by atoms with E-state index in [1.807, 2.05) is 28.2 Å². The number of fused-ring (bicyclic) bond motifs is 1. The molecule has 2 aromatic heterocycles. The van der Waals surface area contributed by atoms with Gasteiger partial charge < -0.3 is 19.4 Å². The van der Waals surface area contributed by atoms with Crippen LogP contribution in [0, 0.1) is 20.8 Å². The number of carbonyl (C=O) groups excluding carboxylic acids is 1. The van der Waals surface area contributed by atoms with Crippen LogP contribution >= 0.6 is 0 Å². The Morgan fingerprint density at radius 2 is 1.65 bits per heavy atom. The molecule has 2 saturated heterocycles. The number of anilines is 1. The number of carbonyl (C=O) groups is 1. The number of nitrogens with zero attached hydrogens (tertiary/aromatic N) is 6. The molecule has 26 heavy (non-hydrogen) atoms. The van der Waals surface area contributed by atoms with Crippen LogP contribution in [0.5, 0.6) is 0 Å². The highest BCUT2D eigenvalue weighted by Gasteiger charge is 2.27. The van der Waals surface area contributed by atoms with Crippen LogP contribution in [-0.4, -0.2) is 82.9 Å². The predicted molar refractivity (Wildman–Crippen MR) is 98.8 cm³/mol. The molecule has 2 amide bonds. The highest BCUT2D eigenvalue weighted by Crippen LogP contribution is 2.22. The molecule has 8 nitrogen and oxygen atoms in total. The molecule has 4 rings (SSSR count). The lowest BCUT2D eigenvalue weighted by atomic mass is 10.2. The fraction of sp³-hybridized carbons (Fsp3) is 0.611. The molecule has 2 aliphatic rings. The largest absolute Gasteiger partial charge is 0.378 e. The first-order valence-corrected chi connectivity index (χ1v) is 9.25. The second-order valence-corrected chi connectivity index (χ2v) is 7.06. The minimum absolute atomic E-state index is 0.134. The molecule has 0 unspecified atom stereocenters. The number of hydrogen-bond donors (Lipinski definition) is 0. The van der Waals surface area contributed by atoms with E-state index in [4.69, 9.17) is 4.74 Å². The number of ether oxygens (including phenoxy) is 1. The van der Waals surface area contributed by atoms with Crippen LogP contribution in [0.25, 0.3) is 5.65 Å². The quantitative estimate of drug-likeness (QED) is 0.767. The van der Waals surface area contributed by atoms with Crippen LogP contribution in [0.1, 0.15) is 17.0 Å². The third-order valence-corrected chi connectivity index (χ3v) is 5.32. The maximum absolute atomic E-state index is 12.7. The van der Waals surface area contributed by atoms with E-state index in [0.717, 1.165) is 54.6 Å². The number of urea groups is 1. The molecule has 2 aromatic rings. The van der Waals surface area contributed by atoms with Gasteiger partial charge in [0.1, 0.15) is 5.82 Å². The Bertz CT molecular complexity index is 819. The van der Waals surface area contributed by atoms with Crippen molar-refractivity contribution in [3.05, 3.63) is 23.0 Å². The average molecular weight is 358 g/mol. The summed E-state index contributed by atoms with van der Waals surface area (Å²) in [7, 11) is 0. The molecule has 0 radical (unpaired) electrons. The summed E-state index contributed by atoms with van der Waals surface area (Å²) < 4.78 is 7.28. The zero-order valence-corrected chi connectivity index (χ0v) is 15.7. The Hall–Kier alpha value is -2.35. The van der Waals surface area contributed by atoms with Crippen LogP contribution in [0.2, 0.25) is 0 Å². The fourth-order valence-corrected chi connectivity index (χ4v) is 3.64. The van der Waals surface area contributed by atoms with E-state index < -0.39 is 0 Å². The number of morpholine rings is 1. The van der Waals surface area contributed by atoms with E-state index in [-0.39, 0.29) is 6.03 Å². The standard InChI is InChI=1S/C18H26N6O2/c1-13-12-16(24-17(19-13)14(2)15(3)20-24)21-4-6-22(7-5-21)18(25)23-8-10-26-11-9-23/h12H,4-11H2,1-3H3. The lowest BCUT2D eigenvalue weighted by molar-refractivity contribution is 0.0428. The predicted octanol–water partition coefficient (Wildman–Crippen LogP) is 1.23. The van der Waals surface area contributed by atoms with Gasteiger partial charge in [0.25, 0.3) is 0 Å². The van der Waals surface area contributed by atoms with Gasteiger partial charge in [-0.05, 0) is 20.8 Å². The van der Waals surface area contributed by atoms with E-state index >= 15 is 0 Å². The van der Waals surface area contributed by atoms with Gasteiger partial charge in [0.05, 0.1) is 18.9 Å². The highest BCUT2D eigenvalue weighted by atomic mass is 16.5. The third-order valence-electron chi connectivity index (χ3n) is 5.32. The Kier molecular flexibility index (Phi) is 4.44. The van der Waals surface area contributed by atoms with Crippen molar-refractivity contribution in [2.75, 3.05) is 57.4 Å². The molecular weight excluding hydrogens is 332 g/mol. The molecule has 0 atom stereocenters. The molecule has 0 aromatic carbocycles. The van der Waals surface area contributed by atoms with Crippen LogP contribution in [-0.2, 0) is 4.74 Å². The maximum atomic E-state index is 12.7. The average Bonchev–Trinajstić information content (AvgIpc) is 2.96. The fourth-order valence-electron chi connectivity index (χ4n) is 3.64. The Morgan fingerprint density at radius 3 is 2.35 bits per heavy atom. The van der Waals surface area contributed by atoms with Gasteiger partial charge in [0, 0.05) is 56.6 Å². The van der Waals surface area contributed by atoms with Crippen LogP contribution in [0.15, 0.2) is 6.07 Å². The Labute approximate surface area is 153 Å². The first-order chi connectivity index (χ1) is 12.5. The topological polar surface area (TPSA) is 66.2 Å². The summed E-state index contributed by atoms with van der Waals surface area (Å²) >= 11 is 0. The molecule has 0 saturated carbocycles. The summed E-state index contributed by atoms with van der Waals surface area (Å²) in [6, 6.07) is 2.22. The van der Waals surface area contributed by atoms with Crippen molar-refractivity contribution in [2.45, 2.75) is 20.8 Å². The van der Waals surface area contributed by atoms with E-state index in [0.29, 0.717) is 26.3 Å². The van der Waals surface area contributed by atoms with E-state index in [2.05, 4.69) is 28.0 Å². The zero-order chi connectivity index (χ0) is 18.3. The summed E-state index contributed by atoms with van der Waals surface area (Å²) in [4.78, 5) is 23.5. The van der Waals surface area contributed by atoms with Crippen LogP contribution in [0.4, 0.5) is 10.6 Å². The van der Waals surface area contributed by atoms with Crippen molar-refractivity contribution < 1.29 is 9.53 Å². The number of amides is 2. The van der Waals surface area contributed by atoms with Gasteiger partial charge in [-0.15, -0.1) is 0 Å². The number of hydrogen-bond acceptors (Lipinski definition) is 5. The van der Waals surface area contributed by atoms with Gasteiger partial charge in [-0.1, -0.05) is 0 Å². The molecule has 2 aliphatic heterocycles. The van der Waals surface area contributed by atoms with Crippen LogP contribution in [0.3, 0.4) is 0 Å². The smallest absolute Gasteiger partial charge is 0.320 e. The minimum Gasteiger partial charge on any atom is -0.378 e. The highest BCUT2D eigenvalue weighted by molar-refractivity contribution is 5.75. The van der Waals surface area contributed by atoms with Crippen molar-refractivity contribution in [3.63, 3.8) is 0 Å². The van der Waals surface area contributed by atoms with Gasteiger partial charge in [0.2, 0.25) is 0 Å². The summed E-state index contributed by atoms with van der Waals surface area (Å²) in [5.41, 5.74) is 4.04. The maximum Gasteiger partial charge on any atom is 0.320 e. The summed E-state index contributed by atoms with van der Waals surface area (Å²) in [6.07, 6.45) is 0. The number of rotatable bonds is 1. The molecule has 8 heteroatoms. The van der Waals surface area contributed by atoms with E-state index in [1.165, 1.54) is 0 Å². The van der Waals surface area contributed by atoms with Crippen molar-refractivity contribution in [1.29, 1.82) is 0 Å².